The molecule has 0 N–H and O–H groups in total. The van der Waals surface area contributed by atoms with Crippen molar-refractivity contribution < 1.29 is 14.0 Å². The lowest BCUT2D eigenvalue weighted by molar-refractivity contribution is -0.153. The second-order valence-electron chi connectivity index (χ2n) is 11.2. The number of hydrogen-bond acceptors (Lipinski definition) is 4. The molecule has 0 heterocycles. The SMILES string of the molecule is CCOC(=O)C(CN(Cc1ccccc1)Cc1ccccc1)O[Si](c1ccccc1)(c1ccccc1)C(C)(C)C. The maximum atomic E-state index is 13.7. The van der Waals surface area contributed by atoms with E-state index in [1.165, 1.54) is 11.1 Å². The Kier molecular flexibility index (Phi) is 10.1. The summed E-state index contributed by atoms with van der Waals surface area (Å²) in [5.41, 5.74) is 2.37. The minimum Gasteiger partial charge on any atom is -0.464 e. The van der Waals surface area contributed by atoms with Crippen molar-refractivity contribution in [1.29, 1.82) is 0 Å². The second kappa shape index (κ2) is 13.7. The Labute approximate surface area is 240 Å². The van der Waals surface area contributed by atoms with Gasteiger partial charge in [-0.15, -0.1) is 0 Å². The van der Waals surface area contributed by atoms with Crippen LogP contribution in [0, 0.1) is 0 Å². The molecule has 208 valence electrons. The average Bonchev–Trinajstić information content (AvgIpc) is 2.96. The molecule has 0 spiro atoms. The number of benzene rings is 4. The van der Waals surface area contributed by atoms with Gasteiger partial charge in [-0.25, -0.2) is 4.79 Å². The zero-order valence-electron chi connectivity index (χ0n) is 24.1. The third-order valence-electron chi connectivity index (χ3n) is 7.21. The summed E-state index contributed by atoms with van der Waals surface area (Å²) < 4.78 is 13.0. The minimum atomic E-state index is -2.98. The van der Waals surface area contributed by atoms with Gasteiger partial charge in [-0.2, -0.15) is 0 Å². The number of rotatable bonds is 12. The third kappa shape index (κ3) is 7.16. The molecule has 0 aliphatic carbocycles. The molecular formula is C35H41NO3Si. The van der Waals surface area contributed by atoms with E-state index in [0.29, 0.717) is 26.2 Å². The molecule has 0 saturated carbocycles. The molecule has 1 atom stereocenters. The van der Waals surface area contributed by atoms with Gasteiger partial charge >= 0.3 is 5.97 Å². The highest BCUT2D eigenvalue weighted by atomic mass is 28.4. The van der Waals surface area contributed by atoms with Gasteiger partial charge in [0, 0.05) is 19.6 Å². The predicted octanol–water partition coefficient (Wildman–Crippen LogP) is 6.20. The first kappa shape index (κ1) is 29.5. The van der Waals surface area contributed by atoms with Crippen LogP contribution < -0.4 is 10.4 Å². The lowest BCUT2D eigenvalue weighted by Gasteiger charge is -2.45. The fraction of sp³-hybridized carbons (Fsp3) is 0.286. The molecule has 0 bridgehead atoms. The summed E-state index contributed by atoms with van der Waals surface area (Å²) in [7, 11) is -2.98. The molecule has 4 nitrogen and oxygen atoms in total. The first-order chi connectivity index (χ1) is 19.3. The molecule has 0 saturated heterocycles. The molecule has 0 fully saturated rings. The summed E-state index contributed by atoms with van der Waals surface area (Å²) in [6.07, 6.45) is -0.765. The lowest BCUT2D eigenvalue weighted by Crippen LogP contribution is -2.69. The molecule has 0 aliphatic heterocycles. The normalized spacial score (nSPS) is 12.7. The van der Waals surface area contributed by atoms with Crippen molar-refractivity contribution >= 4 is 24.7 Å². The summed E-state index contributed by atoms with van der Waals surface area (Å²) in [6.45, 7) is 10.6. The number of ether oxygens (including phenoxy) is 1. The van der Waals surface area contributed by atoms with E-state index in [1.54, 1.807) is 0 Å². The second-order valence-corrected chi connectivity index (χ2v) is 15.4. The number of carbonyl (C=O) groups is 1. The third-order valence-corrected chi connectivity index (χ3v) is 12.3. The Morgan fingerprint density at radius 3 is 1.48 bits per heavy atom. The van der Waals surface area contributed by atoms with E-state index in [1.807, 2.05) is 31.2 Å². The van der Waals surface area contributed by atoms with Crippen LogP contribution in [0.5, 0.6) is 0 Å². The van der Waals surface area contributed by atoms with E-state index in [4.69, 9.17) is 9.16 Å². The van der Waals surface area contributed by atoms with Gasteiger partial charge in [0.1, 0.15) is 0 Å². The standard InChI is InChI=1S/C35H41NO3Si/c1-5-38-34(37)33(28-36(26-29-18-10-6-11-19-29)27-30-20-12-7-13-21-30)39-40(35(2,3)4,31-22-14-8-15-23-31)32-24-16-9-17-25-32/h6-25,33H,5,26-28H2,1-4H3. The van der Waals surface area contributed by atoms with Gasteiger partial charge < -0.3 is 9.16 Å². The lowest BCUT2D eigenvalue weighted by atomic mass is 10.1. The zero-order valence-corrected chi connectivity index (χ0v) is 25.1. The molecule has 0 radical (unpaired) electrons. The van der Waals surface area contributed by atoms with E-state index < -0.39 is 14.4 Å². The van der Waals surface area contributed by atoms with Crippen molar-refractivity contribution in [2.24, 2.45) is 0 Å². The van der Waals surface area contributed by atoms with Crippen molar-refractivity contribution in [1.82, 2.24) is 4.90 Å². The summed E-state index contributed by atoms with van der Waals surface area (Å²) >= 11 is 0. The fourth-order valence-corrected chi connectivity index (χ4v) is 10.0. The van der Waals surface area contributed by atoms with Crippen LogP contribution in [0.1, 0.15) is 38.8 Å². The Morgan fingerprint density at radius 2 is 1.10 bits per heavy atom. The number of esters is 1. The highest BCUT2D eigenvalue weighted by Crippen LogP contribution is 2.38. The van der Waals surface area contributed by atoms with E-state index in [0.717, 1.165) is 10.4 Å². The minimum absolute atomic E-state index is 0.260. The van der Waals surface area contributed by atoms with Gasteiger partial charge in [0.05, 0.1) is 6.61 Å². The van der Waals surface area contributed by atoms with Crippen LogP contribution in [-0.4, -0.2) is 38.4 Å². The maximum absolute atomic E-state index is 13.7. The van der Waals surface area contributed by atoms with E-state index >= 15 is 0 Å². The number of nitrogens with zero attached hydrogens (tertiary/aromatic N) is 1. The molecular weight excluding hydrogens is 510 g/mol. The van der Waals surface area contributed by atoms with Crippen molar-refractivity contribution in [2.45, 2.75) is 51.9 Å². The summed E-state index contributed by atoms with van der Waals surface area (Å²) in [5.74, 6) is -0.318. The van der Waals surface area contributed by atoms with E-state index in [9.17, 15) is 4.79 Å². The average molecular weight is 552 g/mol. The van der Waals surface area contributed by atoms with Gasteiger partial charge in [0.2, 0.25) is 0 Å². The predicted molar refractivity (Wildman–Crippen MR) is 166 cm³/mol. The van der Waals surface area contributed by atoms with Crippen LogP contribution in [-0.2, 0) is 27.0 Å². The van der Waals surface area contributed by atoms with E-state index in [2.05, 4.69) is 123 Å². The van der Waals surface area contributed by atoms with Gasteiger partial charge in [-0.3, -0.25) is 4.90 Å². The van der Waals surface area contributed by atoms with Crippen LogP contribution in [0.15, 0.2) is 121 Å². The Hall–Kier alpha value is -3.51. The largest absolute Gasteiger partial charge is 0.464 e. The number of carbonyl (C=O) groups excluding carboxylic acids is 1. The molecule has 0 amide bonds. The van der Waals surface area contributed by atoms with Gasteiger partial charge in [-0.05, 0) is 33.5 Å². The van der Waals surface area contributed by atoms with Gasteiger partial charge in [0.15, 0.2) is 6.10 Å². The maximum Gasteiger partial charge on any atom is 0.335 e. The molecule has 0 aliphatic rings. The van der Waals surface area contributed by atoms with Gasteiger partial charge in [0.25, 0.3) is 8.32 Å². The highest BCUT2D eigenvalue weighted by Gasteiger charge is 2.52. The Morgan fingerprint density at radius 1 is 0.700 bits per heavy atom. The quantitative estimate of drug-likeness (QED) is 0.155. The molecule has 4 aromatic rings. The topological polar surface area (TPSA) is 38.8 Å². The van der Waals surface area contributed by atoms with Crippen molar-refractivity contribution in [3.63, 3.8) is 0 Å². The Balaban J connectivity index is 1.79. The van der Waals surface area contributed by atoms with E-state index in [-0.39, 0.29) is 11.0 Å². The van der Waals surface area contributed by atoms with Crippen molar-refractivity contribution in [2.75, 3.05) is 13.2 Å². The molecule has 5 heteroatoms. The smallest absolute Gasteiger partial charge is 0.335 e. The highest BCUT2D eigenvalue weighted by molar-refractivity contribution is 6.99. The first-order valence-corrected chi connectivity index (χ1v) is 16.0. The van der Waals surface area contributed by atoms with Crippen LogP contribution >= 0.6 is 0 Å². The molecule has 40 heavy (non-hydrogen) atoms. The monoisotopic (exact) mass is 551 g/mol. The summed E-state index contributed by atoms with van der Waals surface area (Å²) in [6, 6.07) is 41.7. The molecule has 0 aromatic heterocycles. The summed E-state index contributed by atoms with van der Waals surface area (Å²) in [5, 5.41) is 2.02. The van der Waals surface area contributed by atoms with Crippen LogP contribution in [0.3, 0.4) is 0 Å². The van der Waals surface area contributed by atoms with Crippen LogP contribution in [0.25, 0.3) is 0 Å². The van der Waals surface area contributed by atoms with Crippen molar-refractivity contribution in [3.8, 4) is 0 Å². The molecule has 4 aromatic carbocycles. The van der Waals surface area contributed by atoms with Gasteiger partial charge in [-0.1, -0.05) is 142 Å². The molecule has 1 unspecified atom stereocenters. The number of hydrogen-bond donors (Lipinski definition) is 0. The fourth-order valence-electron chi connectivity index (χ4n) is 5.40. The van der Waals surface area contributed by atoms with Crippen LogP contribution in [0.2, 0.25) is 5.04 Å². The Bertz CT molecular complexity index is 1230. The van der Waals surface area contributed by atoms with Crippen molar-refractivity contribution in [3.05, 3.63) is 132 Å². The van der Waals surface area contributed by atoms with Crippen LogP contribution in [0.4, 0.5) is 0 Å². The zero-order chi connectivity index (χ0) is 28.4. The summed E-state index contributed by atoms with van der Waals surface area (Å²) in [4.78, 5) is 16.0. The molecule has 4 rings (SSSR count). The first-order valence-electron chi connectivity index (χ1n) is 14.1.